The van der Waals surface area contributed by atoms with Crippen LogP contribution in [-0.4, -0.2) is 36.8 Å². The number of hydrogen-bond acceptors (Lipinski definition) is 4. The summed E-state index contributed by atoms with van der Waals surface area (Å²) in [6.45, 7) is 5.75. The molecule has 1 heterocycles. The summed E-state index contributed by atoms with van der Waals surface area (Å²) in [6.07, 6.45) is 2.29. The average molecular weight is 276 g/mol. The smallest absolute Gasteiger partial charge is 0.177 e. The predicted octanol–water partition coefficient (Wildman–Crippen LogP) is 2.22. The van der Waals surface area contributed by atoms with Crippen molar-refractivity contribution in [1.82, 2.24) is 15.1 Å². The highest BCUT2D eigenvalue weighted by Gasteiger charge is 2.27. The lowest BCUT2D eigenvalue weighted by molar-refractivity contribution is -0.125. The number of nitrogens with one attached hydrogen (secondary N) is 1. The molecule has 0 aliphatic rings. The van der Waals surface area contributed by atoms with Gasteiger partial charge < -0.3 is 14.8 Å². The average Bonchev–Trinajstić information content (AvgIpc) is 2.75. The summed E-state index contributed by atoms with van der Waals surface area (Å²) in [6, 6.07) is -0.130. The number of nitrogens with zero attached hydrogens (tertiary/aromatic N) is 2. The van der Waals surface area contributed by atoms with Crippen molar-refractivity contribution in [2.45, 2.75) is 39.1 Å². The first-order valence-electron chi connectivity index (χ1n) is 6.19. The number of rotatable bonds is 8. The third kappa shape index (κ3) is 3.45. The number of aryl methyl sites for hydroxylation is 1. The van der Waals surface area contributed by atoms with Crippen LogP contribution in [0, 0.1) is 0 Å². The standard InChI is InChI=1S/C12H22ClN3O2/c1-5-7-14-10(12(17-3)18-4)11-9(13)8-15-16(11)6-2/h8,10,12,14H,5-7H2,1-4H3. The molecule has 0 spiro atoms. The Morgan fingerprint density at radius 2 is 2.06 bits per heavy atom. The van der Waals surface area contributed by atoms with Crippen LogP contribution in [0.5, 0.6) is 0 Å². The molecule has 1 unspecified atom stereocenters. The lowest BCUT2D eigenvalue weighted by Crippen LogP contribution is -2.36. The van der Waals surface area contributed by atoms with Crippen molar-refractivity contribution >= 4 is 11.6 Å². The van der Waals surface area contributed by atoms with Crippen LogP contribution in [0.15, 0.2) is 6.20 Å². The molecule has 1 aromatic heterocycles. The van der Waals surface area contributed by atoms with Gasteiger partial charge in [-0.3, -0.25) is 4.68 Å². The van der Waals surface area contributed by atoms with Gasteiger partial charge in [-0.1, -0.05) is 18.5 Å². The van der Waals surface area contributed by atoms with Crippen LogP contribution in [0.4, 0.5) is 0 Å². The van der Waals surface area contributed by atoms with Crippen molar-refractivity contribution in [3.05, 3.63) is 16.9 Å². The van der Waals surface area contributed by atoms with E-state index in [1.807, 2.05) is 11.6 Å². The molecule has 0 amide bonds. The molecule has 6 heteroatoms. The Morgan fingerprint density at radius 1 is 1.39 bits per heavy atom. The van der Waals surface area contributed by atoms with E-state index in [4.69, 9.17) is 21.1 Å². The zero-order valence-electron chi connectivity index (χ0n) is 11.4. The number of methoxy groups -OCH3 is 2. The van der Waals surface area contributed by atoms with E-state index in [2.05, 4.69) is 17.3 Å². The SMILES string of the molecule is CCCNC(c1c(Cl)cnn1CC)C(OC)OC. The molecule has 0 fully saturated rings. The van der Waals surface area contributed by atoms with Crippen molar-refractivity contribution in [1.29, 1.82) is 0 Å². The van der Waals surface area contributed by atoms with Gasteiger partial charge in [0.25, 0.3) is 0 Å². The highest BCUT2D eigenvalue weighted by atomic mass is 35.5. The quantitative estimate of drug-likeness (QED) is 0.739. The monoisotopic (exact) mass is 275 g/mol. The number of aromatic nitrogens is 2. The number of ether oxygens (including phenoxy) is 2. The molecule has 18 heavy (non-hydrogen) atoms. The molecule has 1 atom stereocenters. The minimum atomic E-state index is -0.393. The molecule has 1 aromatic rings. The molecule has 0 saturated carbocycles. The Hall–Kier alpha value is -0.620. The highest BCUT2D eigenvalue weighted by molar-refractivity contribution is 6.31. The number of halogens is 1. The molecule has 1 rings (SSSR count). The molecule has 1 N–H and O–H groups in total. The van der Waals surface area contributed by atoms with E-state index in [9.17, 15) is 0 Å². The zero-order chi connectivity index (χ0) is 13.5. The van der Waals surface area contributed by atoms with Crippen LogP contribution >= 0.6 is 11.6 Å². The predicted molar refractivity (Wildman–Crippen MR) is 71.8 cm³/mol. The maximum Gasteiger partial charge on any atom is 0.177 e. The summed E-state index contributed by atoms with van der Waals surface area (Å²) in [5.74, 6) is 0. The maximum atomic E-state index is 6.22. The van der Waals surface area contributed by atoms with Gasteiger partial charge in [0, 0.05) is 20.8 Å². The normalized spacial score (nSPS) is 13.2. The summed E-state index contributed by atoms with van der Waals surface area (Å²) in [4.78, 5) is 0. The molecule has 0 bridgehead atoms. The lowest BCUT2D eigenvalue weighted by atomic mass is 10.2. The van der Waals surface area contributed by atoms with Gasteiger partial charge >= 0.3 is 0 Å². The minimum absolute atomic E-state index is 0.130. The summed E-state index contributed by atoms with van der Waals surface area (Å²) in [7, 11) is 3.24. The fourth-order valence-corrected chi connectivity index (χ4v) is 2.18. The largest absolute Gasteiger partial charge is 0.354 e. The third-order valence-corrected chi connectivity index (χ3v) is 3.07. The van der Waals surface area contributed by atoms with Gasteiger partial charge in [-0.15, -0.1) is 0 Å². The van der Waals surface area contributed by atoms with Gasteiger partial charge in [0.1, 0.15) is 6.04 Å². The molecule has 0 aliphatic heterocycles. The number of hydrogen-bond donors (Lipinski definition) is 1. The molecule has 104 valence electrons. The topological polar surface area (TPSA) is 48.3 Å². The van der Waals surface area contributed by atoms with E-state index >= 15 is 0 Å². The maximum absolute atomic E-state index is 6.22. The van der Waals surface area contributed by atoms with Gasteiger partial charge in [0.2, 0.25) is 0 Å². The second kappa shape index (κ2) is 7.74. The highest BCUT2D eigenvalue weighted by Crippen LogP contribution is 2.27. The van der Waals surface area contributed by atoms with E-state index in [1.165, 1.54) is 0 Å². The summed E-state index contributed by atoms with van der Waals surface area (Å²) in [5.41, 5.74) is 0.904. The molecule has 0 aliphatic carbocycles. The van der Waals surface area contributed by atoms with Crippen molar-refractivity contribution < 1.29 is 9.47 Å². The Morgan fingerprint density at radius 3 is 2.56 bits per heavy atom. The molecular formula is C12H22ClN3O2. The van der Waals surface area contributed by atoms with Crippen molar-refractivity contribution in [2.24, 2.45) is 0 Å². The first-order valence-corrected chi connectivity index (χ1v) is 6.57. The van der Waals surface area contributed by atoms with Crippen LogP contribution in [0.2, 0.25) is 5.02 Å². The second-order valence-corrected chi connectivity index (χ2v) is 4.37. The van der Waals surface area contributed by atoms with E-state index in [-0.39, 0.29) is 6.04 Å². The third-order valence-electron chi connectivity index (χ3n) is 2.78. The molecular weight excluding hydrogens is 254 g/mol. The van der Waals surface area contributed by atoms with Crippen LogP contribution in [0.1, 0.15) is 32.0 Å². The summed E-state index contributed by atoms with van der Waals surface area (Å²) in [5, 5.41) is 8.27. The van der Waals surface area contributed by atoms with Crippen molar-refractivity contribution in [2.75, 3.05) is 20.8 Å². The van der Waals surface area contributed by atoms with Gasteiger partial charge in [-0.05, 0) is 19.9 Å². The lowest BCUT2D eigenvalue weighted by Gasteiger charge is -2.26. The van der Waals surface area contributed by atoms with E-state index < -0.39 is 6.29 Å². The van der Waals surface area contributed by atoms with Gasteiger partial charge in [0.05, 0.1) is 16.9 Å². The van der Waals surface area contributed by atoms with Crippen molar-refractivity contribution in [3.8, 4) is 0 Å². The first-order chi connectivity index (χ1) is 8.69. The van der Waals surface area contributed by atoms with E-state index in [0.717, 1.165) is 25.2 Å². The Kier molecular flexibility index (Phi) is 6.63. The molecule has 5 nitrogen and oxygen atoms in total. The van der Waals surface area contributed by atoms with Crippen LogP contribution < -0.4 is 5.32 Å². The zero-order valence-corrected chi connectivity index (χ0v) is 12.2. The van der Waals surface area contributed by atoms with Crippen LogP contribution in [0.3, 0.4) is 0 Å². The second-order valence-electron chi connectivity index (χ2n) is 3.97. The van der Waals surface area contributed by atoms with Crippen LogP contribution in [-0.2, 0) is 16.0 Å². The molecule has 0 saturated heterocycles. The minimum Gasteiger partial charge on any atom is -0.354 e. The Bertz CT molecular complexity index is 353. The van der Waals surface area contributed by atoms with Crippen LogP contribution in [0.25, 0.3) is 0 Å². The summed E-state index contributed by atoms with van der Waals surface area (Å²) < 4.78 is 12.6. The van der Waals surface area contributed by atoms with Gasteiger partial charge in [-0.2, -0.15) is 5.10 Å². The van der Waals surface area contributed by atoms with E-state index in [1.54, 1.807) is 20.4 Å². The molecule has 0 radical (unpaired) electrons. The molecule has 0 aromatic carbocycles. The fraction of sp³-hybridized carbons (Fsp3) is 0.750. The van der Waals surface area contributed by atoms with Crippen molar-refractivity contribution in [3.63, 3.8) is 0 Å². The van der Waals surface area contributed by atoms with Gasteiger partial charge in [-0.25, -0.2) is 0 Å². The Balaban J connectivity index is 3.03. The summed E-state index contributed by atoms with van der Waals surface area (Å²) >= 11 is 6.22. The first kappa shape index (κ1) is 15.4. The van der Waals surface area contributed by atoms with E-state index in [0.29, 0.717) is 5.02 Å². The fourth-order valence-electron chi connectivity index (χ4n) is 1.92. The van der Waals surface area contributed by atoms with Gasteiger partial charge in [0.15, 0.2) is 6.29 Å². The Labute approximate surface area is 113 Å².